The number of hydrogen-bond acceptors (Lipinski definition) is 2. The van der Waals surface area contributed by atoms with Crippen LogP contribution in [-0.4, -0.2) is 37.5 Å². The Morgan fingerprint density at radius 1 is 1.26 bits per heavy atom. The molecule has 1 amide bonds. The van der Waals surface area contributed by atoms with Crippen LogP contribution in [0.25, 0.3) is 0 Å². The molecule has 0 radical (unpaired) electrons. The summed E-state index contributed by atoms with van der Waals surface area (Å²) in [6, 6.07) is 7.55. The highest BCUT2D eigenvalue weighted by atomic mass is 35.5. The van der Waals surface area contributed by atoms with Gasteiger partial charge in [0.2, 0.25) is 0 Å². The number of aliphatic imine (C=N–C) groups is 1. The second kappa shape index (κ2) is 9.40. The predicted octanol–water partition coefficient (Wildman–Crippen LogP) is 2.57. The number of benzene rings is 1. The molecular weight excluding hydrogens is 312 g/mol. The van der Waals surface area contributed by atoms with E-state index in [1.54, 1.807) is 24.3 Å². The van der Waals surface area contributed by atoms with Gasteiger partial charge in [-0.25, -0.2) is 0 Å². The Bertz CT molecular complexity index is 541. The fraction of sp³-hybridized carbons (Fsp3) is 0.529. The Hall–Kier alpha value is -1.75. The summed E-state index contributed by atoms with van der Waals surface area (Å²) in [6.07, 6.45) is 4.97. The molecule has 0 heterocycles. The molecule has 3 N–H and O–H groups in total. The number of rotatable bonds is 6. The van der Waals surface area contributed by atoms with Crippen molar-refractivity contribution in [2.24, 2.45) is 4.99 Å². The summed E-state index contributed by atoms with van der Waals surface area (Å²) in [5, 5.41) is 10.0. The molecule has 0 aliphatic heterocycles. The molecule has 126 valence electrons. The SMILES string of the molecule is CCNC(=NCCNC(=O)c1ccccc1Cl)NC1CCCC1. The average Bonchev–Trinajstić information content (AvgIpc) is 3.05. The molecule has 0 spiro atoms. The summed E-state index contributed by atoms with van der Waals surface area (Å²) in [4.78, 5) is 16.6. The molecule has 0 saturated heterocycles. The molecule has 1 aliphatic rings. The average molecular weight is 337 g/mol. The van der Waals surface area contributed by atoms with Crippen molar-refractivity contribution in [3.63, 3.8) is 0 Å². The van der Waals surface area contributed by atoms with Crippen molar-refractivity contribution in [2.75, 3.05) is 19.6 Å². The van der Waals surface area contributed by atoms with E-state index in [1.807, 2.05) is 6.92 Å². The lowest BCUT2D eigenvalue weighted by molar-refractivity contribution is 0.0955. The molecule has 1 fully saturated rings. The van der Waals surface area contributed by atoms with Crippen molar-refractivity contribution >= 4 is 23.5 Å². The summed E-state index contributed by atoms with van der Waals surface area (Å²) in [6.45, 7) is 3.87. The number of nitrogens with zero attached hydrogens (tertiary/aromatic N) is 1. The molecule has 6 heteroatoms. The first-order valence-corrected chi connectivity index (χ1v) is 8.66. The molecule has 0 aromatic heterocycles. The first-order valence-electron chi connectivity index (χ1n) is 8.28. The van der Waals surface area contributed by atoms with E-state index < -0.39 is 0 Å². The zero-order valence-corrected chi connectivity index (χ0v) is 14.3. The van der Waals surface area contributed by atoms with Crippen molar-refractivity contribution in [3.8, 4) is 0 Å². The number of guanidine groups is 1. The highest BCUT2D eigenvalue weighted by Crippen LogP contribution is 2.17. The van der Waals surface area contributed by atoms with Crippen LogP contribution in [0.2, 0.25) is 5.02 Å². The monoisotopic (exact) mass is 336 g/mol. The molecule has 0 bridgehead atoms. The largest absolute Gasteiger partial charge is 0.357 e. The Morgan fingerprint density at radius 3 is 2.70 bits per heavy atom. The van der Waals surface area contributed by atoms with Gasteiger partial charge in [-0.1, -0.05) is 36.6 Å². The Labute approximate surface area is 142 Å². The van der Waals surface area contributed by atoms with Gasteiger partial charge in [0.1, 0.15) is 0 Å². The van der Waals surface area contributed by atoms with Crippen LogP contribution >= 0.6 is 11.6 Å². The highest BCUT2D eigenvalue weighted by molar-refractivity contribution is 6.33. The molecule has 5 nitrogen and oxygen atoms in total. The van der Waals surface area contributed by atoms with Gasteiger partial charge in [0.25, 0.3) is 5.91 Å². The smallest absolute Gasteiger partial charge is 0.252 e. The van der Waals surface area contributed by atoms with Gasteiger partial charge in [0, 0.05) is 19.1 Å². The lowest BCUT2D eigenvalue weighted by atomic mass is 10.2. The van der Waals surface area contributed by atoms with Crippen molar-refractivity contribution in [1.82, 2.24) is 16.0 Å². The van der Waals surface area contributed by atoms with E-state index in [0.29, 0.717) is 29.7 Å². The van der Waals surface area contributed by atoms with E-state index in [4.69, 9.17) is 11.6 Å². The van der Waals surface area contributed by atoms with Crippen LogP contribution in [0, 0.1) is 0 Å². The van der Waals surface area contributed by atoms with Gasteiger partial charge in [-0.05, 0) is 31.9 Å². The number of carbonyl (C=O) groups is 1. The van der Waals surface area contributed by atoms with E-state index in [2.05, 4.69) is 20.9 Å². The zero-order chi connectivity index (χ0) is 16.5. The fourth-order valence-electron chi connectivity index (χ4n) is 2.66. The van der Waals surface area contributed by atoms with Crippen LogP contribution in [0.3, 0.4) is 0 Å². The van der Waals surface area contributed by atoms with E-state index in [1.165, 1.54) is 25.7 Å². The molecule has 1 aliphatic carbocycles. The van der Waals surface area contributed by atoms with Gasteiger partial charge >= 0.3 is 0 Å². The molecule has 1 saturated carbocycles. The fourth-order valence-corrected chi connectivity index (χ4v) is 2.88. The minimum Gasteiger partial charge on any atom is -0.357 e. The van der Waals surface area contributed by atoms with Crippen molar-refractivity contribution in [1.29, 1.82) is 0 Å². The number of hydrogen-bond donors (Lipinski definition) is 3. The lowest BCUT2D eigenvalue weighted by Gasteiger charge is -2.16. The molecule has 23 heavy (non-hydrogen) atoms. The van der Waals surface area contributed by atoms with Crippen LogP contribution in [-0.2, 0) is 0 Å². The van der Waals surface area contributed by atoms with Crippen LogP contribution in [0.5, 0.6) is 0 Å². The summed E-state index contributed by atoms with van der Waals surface area (Å²) >= 11 is 6.01. The van der Waals surface area contributed by atoms with E-state index in [9.17, 15) is 4.79 Å². The van der Waals surface area contributed by atoms with Crippen LogP contribution in [0.1, 0.15) is 43.0 Å². The second-order valence-corrected chi connectivity index (χ2v) is 6.03. The number of nitrogens with one attached hydrogen (secondary N) is 3. The minimum absolute atomic E-state index is 0.167. The molecule has 0 unspecified atom stereocenters. The standard InChI is InChI=1S/C17H25ClN4O/c1-2-19-17(22-13-7-3-4-8-13)21-12-11-20-16(23)14-9-5-6-10-15(14)18/h5-6,9-10,13H,2-4,7-8,11-12H2,1H3,(H,20,23)(H2,19,21,22). The van der Waals surface area contributed by atoms with Crippen molar-refractivity contribution < 1.29 is 4.79 Å². The highest BCUT2D eigenvalue weighted by Gasteiger charge is 2.15. The third-order valence-corrected chi connectivity index (χ3v) is 4.16. The van der Waals surface area contributed by atoms with Crippen LogP contribution in [0.4, 0.5) is 0 Å². The number of amides is 1. The third-order valence-electron chi connectivity index (χ3n) is 3.83. The maximum Gasteiger partial charge on any atom is 0.252 e. The van der Waals surface area contributed by atoms with Gasteiger partial charge in [0.15, 0.2) is 5.96 Å². The summed E-state index contributed by atoms with van der Waals surface area (Å²) in [5.74, 6) is 0.658. The first kappa shape index (κ1) is 17.6. The van der Waals surface area contributed by atoms with Gasteiger partial charge in [-0.3, -0.25) is 9.79 Å². The zero-order valence-electron chi connectivity index (χ0n) is 13.6. The maximum absolute atomic E-state index is 12.0. The van der Waals surface area contributed by atoms with E-state index in [-0.39, 0.29) is 5.91 Å². The van der Waals surface area contributed by atoms with Crippen LogP contribution < -0.4 is 16.0 Å². The molecule has 2 rings (SSSR count). The normalized spacial score (nSPS) is 15.5. The third kappa shape index (κ3) is 5.75. The Balaban J connectivity index is 1.78. The summed E-state index contributed by atoms with van der Waals surface area (Å²) in [7, 11) is 0. The molecular formula is C17H25ClN4O. The Morgan fingerprint density at radius 2 is 2.00 bits per heavy atom. The summed E-state index contributed by atoms with van der Waals surface area (Å²) < 4.78 is 0. The molecule has 0 atom stereocenters. The number of carbonyl (C=O) groups excluding carboxylic acids is 1. The van der Waals surface area contributed by atoms with Gasteiger partial charge in [0.05, 0.1) is 17.1 Å². The first-order chi connectivity index (χ1) is 11.2. The minimum atomic E-state index is -0.167. The summed E-state index contributed by atoms with van der Waals surface area (Å²) in [5.41, 5.74) is 0.495. The van der Waals surface area contributed by atoms with Gasteiger partial charge < -0.3 is 16.0 Å². The predicted molar refractivity (Wildman–Crippen MR) is 95.2 cm³/mol. The topological polar surface area (TPSA) is 65.5 Å². The van der Waals surface area contributed by atoms with Gasteiger partial charge in [-0.15, -0.1) is 0 Å². The van der Waals surface area contributed by atoms with Crippen molar-refractivity contribution in [3.05, 3.63) is 34.9 Å². The molecule has 1 aromatic carbocycles. The molecule has 1 aromatic rings. The lowest BCUT2D eigenvalue weighted by Crippen LogP contribution is -2.42. The maximum atomic E-state index is 12.0. The second-order valence-electron chi connectivity index (χ2n) is 5.62. The van der Waals surface area contributed by atoms with Crippen molar-refractivity contribution in [2.45, 2.75) is 38.6 Å². The van der Waals surface area contributed by atoms with E-state index >= 15 is 0 Å². The Kier molecular flexibility index (Phi) is 7.20. The quantitative estimate of drug-likeness (QED) is 0.425. The number of halogens is 1. The van der Waals surface area contributed by atoms with Gasteiger partial charge in [-0.2, -0.15) is 0 Å². The van der Waals surface area contributed by atoms with E-state index in [0.717, 1.165) is 12.5 Å². The van der Waals surface area contributed by atoms with Crippen LogP contribution in [0.15, 0.2) is 29.3 Å².